The molecule has 2 heteroatoms. The first kappa shape index (κ1) is 8.73. The molecule has 1 heterocycles. The van der Waals surface area contributed by atoms with Gasteiger partial charge in [0.25, 0.3) is 0 Å². The maximum atomic E-state index is 5.73. The lowest BCUT2D eigenvalue weighted by Gasteiger charge is -2.24. The largest absolute Gasteiger partial charge is 0.355 e. The fourth-order valence-corrected chi connectivity index (χ4v) is 1.77. The molecule has 1 fully saturated rings. The Morgan fingerprint density at radius 2 is 2.08 bits per heavy atom. The quantitative estimate of drug-likeness (QED) is 0.707. The summed E-state index contributed by atoms with van der Waals surface area (Å²) in [4.78, 5) is 0. The van der Waals surface area contributed by atoms with Crippen molar-refractivity contribution >= 4 is 0 Å². The first-order chi connectivity index (χ1) is 6.21. The van der Waals surface area contributed by atoms with E-state index in [1.807, 2.05) is 18.2 Å². The summed E-state index contributed by atoms with van der Waals surface area (Å²) < 4.78 is 5.73. The van der Waals surface area contributed by atoms with Crippen LogP contribution in [0, 0.1) is 0 Å². The van der Waals surface area contributed by atoms with Crippen LogP contribution < -0.4 is 5.32 Å². The highest BCUT2D eigenvalue weighted by atomic mass is 16.5. The van der Waals surface area contributed by atoms with Crippen LogP contribution in [0.1, 0.15) is 19.4 Å². The van der Waals surface area contributed by atoms with Crippen molar-refractivity contribution in [2.24, 2.45) is 0 Å². The van der Waals surface area contributed by atoms with E-state index in [4.69, 9.17) is 4.74 Å². The van der Waals surface area contributed by atoms with Crippen molar-refractivity contribution in [3.63, 3.8) is 0 Å². The van der Waals surface area contributed by atoms with Gasteiger partial charge in [-0.15, -0.1) is 0 Å². The van der Waals surface area contributed by atoms with E-state index in [1.165, 1.54) is 5.56 Å². The molecule has 1 aromatic carbocycles. The fraction of sp³-hybridized carbons (Fsp3) is 0.455. The second-order valence-corrected chi connectivity index (χ2v) is 3.76. The average molecular weight is 177 g/mol. The molecular weight excluding hydrogens is 162 g/mol. The van der Waals surface area contributed by atoms with Crippen LogP contribution in [0.25, 0.3) is 0 Å². The van der Waals surface area contributed by atoms with Gasteiger partial charge in [0.15, 0.2) is 0 Å². The molecule has 1 N–H and O–H groups in total. The lowest BCUT2D eigenvalue weighted by molar-refractivity contribution is 0.00237. The molecule has 0 bridgehead atoms. The van der Waals surface area contributed by atoms with Gasteiger partial charge in [0.05, 0.1) is 6.61 Å². The van der Waals surface area contributed by atoms with E-state index in [-0.39, 0.29) is 5.72 Å². The highest BCUT2D eigenvalue weighted by Gasteiger charge is 2.34. The Morgan fingerprint density at radius 3 is 2.62 bits per heavy atom. The number of hydrogen-bond donors (Lipinski definition) is 1. The van der Waals surface area contributed by atoms with Crippen LogP contribution in [-0.2, 0) is 10.5 Å². The van der Waals surface area contributed by atoms with Crippen molar-refractivity contribution in [3.05, 3.63) is 35.9 Å². The predicted octanol–water partition coefficient (Wildman–Crippen LogP) is 1.87. The second kappa shape index (κ2) is 3.13. The van der Waals surface area contributed by atoms with Crippen LogP contribution in [0.2, 0.25) is 0 Å². The number of ether oxygens (including phenoxy) is 1. The maximum absolute atomic E-state index is 5.73. The lowest BCUT2D eigenvalue weighted by Crippen LogP contribution is -2.37. The molecule has 0 amide bonds. The van der Waals surface area contributed by atoms with Crippen LogP contribution in [0.4, 0.5) is 0 Å². The molecule has 2 atom stereocenters. The van der Waals surface area contributed by atoms with Gasteiger partial charge in [-0.2, -0.15) is 0 Å². The van der Waals surface area contributed by atoms with Gasteiger partial charge >= 0.3 is 0 Å². The zero-order chi connectivity index (χ0) is 9.31. The predicted molar refractivity (Wildman–Crippen MR) is 52.3 cm³/mol. The summed E-state index contributed by atoms with van der Waals surface area (Å²) in [5.41, 5.74) is 0.903. The molecule has 2 nitrogen and oxygen atoms in total. The van der Waals surface area contributed by atoms with E-state index >= 15 is 0 Å². The van der Waals surface area contributed by atoms with E-state index in [2.05, 4.69) is 31.3 Å². The van der Waals surface area contributed by atoms with Crippen LogP contribution in [0.15, 0.2) is 30.3 Å². The van der Waals surface area contributed by atoms with Gasteiger partial charge < -0.3 is 4.74 Å². The summed E-state index contributed by atoms with van der Waals surface area (Å²) in [7, 11) is 0. The molecule has 2 unspecified atom stereocenters. The molecule has 1 saturated heterocycles. The molecule has 0 radical (unpaired) electrons. The van der Waals surface area contributed by atoms with Crippen molar-refractivity contribution in [3.8, 4) is 0 Å². The average Bonchev–Trinajstić information content (AvgIpc) is 2.49. The zero-order valence-corrected chi connectivity index (χ0v) is 8.08. The number of nitrogens with one attached hydrogen (secondary N) is 1. The van der Waals surface area contributed by atoms with Crippen LogP contribution in [-0.4, -0.2) is 12.6 Å². The molecule has 0 aromatic heterocycles. The molecule has 1 aliphatic heterocycles. The summed E-state index contributed by atoms with van der Waals surface area (Å²) in [5, 5.41) is 3.42. The standard InChI is InChI=1S/C11H15NO/c1-9-8-13-11(2,12-9)10-6-4-3-5-7-10/h3-7,9,12H,8H2,1-2H3. The van der Waals surface area contributed by atoms with Crippen LogP contribution >= 0.6 is 0 Å². The minimum absolute atomic E-state index is 0.291. The molecule has 1 aliphatic rings. The summed E-state index contributed by atoms with van der Waals surface area (Å²) in [5.74, 6) is 0. The Bertz CT molecular complexity index is 285. The maximum Gasteiger partial charge on any atom is 0.142 e. The number of benzene rings is 1. The third kappa shape index (κ3) is 1.60. The second-order valence-electron chi connectivity index (χ2n) is 3.76. The minimum Gasteiger partial charge on any atom is -0.355 e. The first-order valence-corrected chi connectivity index (χ1v) is 4.68. The highest BCUT2D eigenvalue weighted by molar-refractivity contribution is 5.22. The highest BCUT2D eigenvalue weighted by Crippen LogP contribution is 2.26. The van der Waals surface area contributed by atoms with Gasteiger partial charge in [0.2, 0.25) is 0 Å². The van der Waals surface area contributed by atoms with E-state index < -0.39 is 0 Å². The Hall–Kier alpha value is -0.860. The smallest absolute Gasteiger partial charge is 0.142 e. The molecule has 1 aromatic rings. The number of rotatable bonds is 1. The molecule has 13 heavy (non-hydrogen) atoms. The van der Waals surface area contributed by atoms with Gasteiger partial charge in [-0.3, -0.25) is 5.32 Å². The molecular formula is C11H15NO. The van der Waals surface area contributed by atoms with Crippen LogP contribution in [0.3, 0.4) is 0 Å². The van der Waals surface area contributed by atoms with E-state index in [1.54, 1.807) is 0 Å². The van der Waals surface area contributed by atoms with Crippen molar-refractivity contribution in [1.82, 2.24) is 5.32 Å². The van der Waals surface area contributed by atoms with Gasteiger partial charge in [0, 0.05) is 6.04 Å². The monoisotopic (exact) mass is 177 g/mol. The molecule has 70 valence electrons. The van der Waals surface area contributed by atoms with Crippen molar-refractivity contribution < 1.29 is 4.74 Å². The zero-order valence-electron chi connectivity index (χ0n) is 8.08. The van der Waals surface area contributed by atoms with Gasteiger partial charge in [-0.1, -0.05) is 30.3 Å². The summed E-state index contributed by atoms with van der Waals surface area (Å²) in [6, 6.07) is 10.7. The SMILES string of the molecule is CC1COC(C)(c2ccccc2)N1. The van der Waals surface area contributed by atoms with Crippen molar-refractivity contribution in [2.45, 2.75) is 25.6 Å². The van der Waals surface area contributed by atoms with Crippen molar-refractivity contribution in [2.75, 3.05) is 6.61 Å². The molecule has 0 aliphatic carbocycles. The molecule has 0 saturated carbocycles. The Balaban J connectivity index is 2.26. The van der Waals surface area contributed by atoms with E-state index in [9.17, 15) is 0 Å². The Morgan fingerprint density at radius 1 is 1.38 bits per heavy atom. The summed E-state index contributed by atoms with van der Waals surface area (Å²) in [6.07, 6.45) is 0. The normalized spacial score (nSPS) is 33.5. The van der Waals surface area contributed by atoms with E-state index in [0.29, 0.717) is 6.04 Å². The third-order valence-electron chi connectivity index (χ3n) is 2.47. The summed E-state index contributed by atoms with van der Waals surface area (Å²) >= 11 is 0. The van der Waals surface area contributed by atoms with Gasteiger partial charge in [-0.25, -0.2) is 0 Å². The van der Waals surface area contributed by atoms with E-state index in [0.717, 1.165) is 6.61 Å². The van der Waals surface area contributed by atoms with Gasteiger partial charge in [0.1, 0.15) is 5.72 Å². The molecule has 0 spiro atoms. The topological polar surface area (TPSA) is 21.3 Å². The Labute approximate surface area is 78.9 Å². The molecule has 2 rings (SSSR count). The van der Waals surface area contributed by atoms with Crippen molar-refractivity contribution in [1.29, 1.82) is 0 Å². The third-order valence-corrected chi connectivity index (χ3v) is 2.47. The van der Waals surface area contributed by atoms with Crippen LogP contribution in [0.5, 0.6) is 0 Å². The minimum atomic E-state index is -0.291. The lowest BCUT2D eigenvalue weighted by atomic mass is 10.1. The Kier molecular flexibility index (Phi) is 2.10. The number of hydrogen-bond acceptors (Lipinski definition) is 2. The fourth-order valence-electron chi connectivity index (χ4n) is 1.77. The van der Waals surface area contributed by atoms with Gasteiger partial charge in [-0.05, 0) is 19.4 Å². The first-order valence-electron chi connectivity index (χ1n) is 4.68. The summed E-state index contributed by atoms with van der Waals surface area (Å²) in [6.45, 7) is 4.99.